The van der Waals surface area contributed by atoms with Crippen LogP contribution in [0.1, 0.15) is 58.3 Å². The lowest BCUT2D eigenvalue weighted by Gasteiger charge is -2.25. The van der Waals surface area contributed by atoms with Crippen molar-refractivity contribution in [1.82, 2.24) is 5.32 Å². The Balaban J connectivity index is 1.81. The van der Waals surface area contributed by atoms with Crippen molar-refractivity contribution >= 4 is 5.91 Å². The Hall–Kier alpha value is -0.570. The predicted molar refractivity (Wildman–Crippen MR) is 64.9 cm³/mol. The summed E-state index contributed by atoms with van der Waals surface area (Å²) in [6.45, 7) is 2.14. The van der Waals surface area contributed by atoms with Crippen molar-refractivity contribution < 1.29 is 4.79 Å². The van der Waals surface area contributed by atoms with Crippen molar-refractivity contribution in [1.29, 1.82) is 0 Å². The molecule has 0 aromatic rings. The number of hydrogen-bond acceptors (Lipinski definition) is 2. The van der Waals surface area contributed by atoms with Gasteiger partial charge in [-0.15, -0.1) is 0 Å². The zero-order valence-electron chi connectivity index (χ0n) is 10.3. The minimum absolute atomic E-state index is 0.0734. The molecule has 0 radical (unpaired) electrons. The van der Waals surface area contributed by atoms with E-state index < -0.39 is 5.54 Å². The fourth-order valence-electron chi connectivity index (χ4n) is 2.64. The van der Waals surface area contributed by atoms with E-state index >= 15 is 0 Å². The monoisotopic (exact) mass is 224 g/mol. The second kappa shape index (κ2) is 4.74. The molecule has 2 rings (SSSR count). The normalized spacial score (nSPS) is 26.9. The third kappa shape index (κ3) is 2.76. The molecule has 0 heterocycles. The highest BCUT2D eigenvalue weighted by Crippen LogP contribution is 2.33. The van der Waals surface area contributed by atoms with Gasteiger partial charge in [-0.3, -0.25) is 4.79 Å². The molecule has 2 saturated carbocycles. The third-order valence-electron chi connectivity index (χ3n) is 4.21. The number of carbonyl (C=O) groups is 1. The maximum atomic E-state index is 11.8. The topological polar surface area (TPSA) is 55.1 Å². The van der Waals surface area contributed by atoms with E-state index in [1.165, 1.54) is 38.5 Å². The molecule has 0 bridgehead atoms. The Morgan fingerprint density at radius 1 is 1.25 bits per heavy atom. The highest BCUT2D eigenvalue weighted by Gasteiger charge is 2.46. The summed E-state index contributed by atoms with van der Waals surface area (Å²) in [7, 11) is 0. The lowest BCUT2D eigenvalue weighted by Crippen LogP contribution is -2.48. The van der Waals surface area contributed by atoms with Crippen LogP contribution < -0.4 is 11.1 Å². The first-order valence-electron chi connectivity index (χ1n) is 6.72. The maximum absolute atomic E-state index is 11.8. The van der Waals surface area contributed by atoms with Crippen molar-refractivity contribution in [2.75, 3.05) is 0 Å². The summed E-state index contributed by atoms with van der Waals surface area (Å²) >= 11 is 0. The van der Waals surface area contributed by atoms with Gasteiger partial charge in [0.05, 0.1) is 5.54 Å². The van der Waals surface area contributed by atoms with Crippen LogP contribution in [0.3, 0.4) is 0 Å². The second-order valence-corrected chi connectivity index (χ2v) is 5.67. The first-order valence-corrected chi connectivity index (χ1v) is 6.72. The molecule has 0 unspecified atom stereocenters. The number of carbonyl (C=O) groups excluding carboxylic acids is 1. The van der Waals surface area contributed by atoms with Gasteiger partial charge in [-0.25, -0.2) is 0 Å². The number of amides is 1. The summed E-state index contributed by atoms with van der Waals surface area (Å²) < 4.78 is 0. The Kier molecular flexibility index (Phi) is 3.53. The number of rotatable bonds is 3. The first kappa shape index (κ1) is 11.9. The molecular formula is C13H24N2O. The highest BCUT2D eigenvalue weighted by atomic mass is 16.2. The van der Waals surface area contributed by atoms with E-state index in [4.69, 9.17) is 5.73 Å². The van der Waals surface area contributed by atoms with Crippen LogP contribution in [0.5, 0.6) is 0 Å². The standard InChI is InChI=1S/C13H24N2O/c1-10(11-6-4-2-3-5-7-11)15-12(16)13(14)8-9-13/h10-11H,2-9,14H2,1H3,(H,15,16)/t10-/m0/s1. The van der Waals surface area contributed by atoms with Gasteiger partial charge < -0.3 is 11.1 Å². The van der Waals surface area contributed by atoms with Crippen molar-refractivity contribution in [2.24, 2.45) is 11.7 Å². The molecule has 3 N–H and O–H groups in total. The van der Waals surface area contributed by atoms with Gasteiger partial charge in [0.2, 0.25) is 5.91 Å². The van der Waals surface area contributed by atoms with Crippen LogP contribution >= 0.6 is 0 Å². The van der Waals surface area contributed by atoms with Crippen LogP contribution in [0.4, 0.5) is 0 Å². The molecule has 3 heteroatoms. The van der Waals surface area contributed by atoms with Crippen LogP contribution in [0, 0.1) is 5.92 Å². The van der Waals surface area contributed by atoms with E-state index in [0.29, 0.717) is 12.0 Å². The van der Waals surface area contributed by atoms with Crippen LogP contribution in [-0.2, 0) is 4.79 Å². The van der Waals surface area contributed by atoms with Gasteiger partial charge in [-0.2, -0.15) is 0 Å². The molecule has 16 heavy (non-hydrogen) atoms. The number of nitrogens with one attached hydrogen (secondary N) is 1. The average Bonchev–Trinajstić information content (AvgIpc) is 3.02. The fraction of sp³-hybridized carbons (Fsp3) is 0.923. The van der Waals surface area contributed by atoms with E-state index in [2.05, 4.69) is 12.2 Å². The smallest absolute Gasteiger partial charge is 0.240 e. The van der Waals surface area contributed by atoms with E-state index in [1.54, 1.807) is 0 Å². The lowest BCUT2D eigenvalue weighted by atomic mass is 9.93. The molecule has 2 aliphatic carbocycles. The minimum atomic E-state index is -0.515. The summed E-state index contributed by atoms with van der Waals surface area (Å²) in [6, 6.07) is 0.298. The molecular weight excluding hydrogens is 200 g/mol. The van der Waals surface area contributed by atoms with E-state index in [9.17, 15) is 4.79 Å². The molecule has 0 aromatic heterocycles. The minimum Gasteiger partial charge on any atom is -0.352 e. The molecule has 0 aliphatic heterocycles. The largest absolute Gasteiger partial charge is 0.352 e. The van der Waals surface area contributed by atoms with Gasteiger partial charge in [0.1, 0.15) is 0 Å². The molecule has 0 aromatic carbocycles. The van der Waals surface area contributed by atoms with Gasteiger partial charge in [-0.1, -0.05) is 25.7 Å². The van der Waals surface area contributed by atoms with Crippen LogP contribution in [0.15, 0.2) is 0 Å². The quantitative estimate of drug-likeness (QED) is 0.720. The molecule has 0 spiro atoms. The van der Waals surface area contributed by atoms with Crippen LogP contribution in [0.2, 0.25) is 0 Å². The van der Waals surface area contributed by atoms with E-state index in [0.717, 1.165) is 12.8 Å². The predicted octanol–water partition coefficient (Wildman–Crippen LogP) is 1.95. The van der Waals surface area contributed by atoms with E-state index in [1.807, 2.05) is 0 Å². The van der Waals surface area contributed by atoms with Gasteiger partial charge in [0.15, 0.2) is 0 Å². The fourth-order valence-corrected chi connectivity index (χ4v) is 2.64. The summed E-state index contributed by atoms with van der Waals surface area (Å²) in [5.41, 5.74) is 5.37. The SMILES string of the molecule is C[C@H](NC(=O)C1(N)CC1)C1CCCCCC1. The van der Waals surface area contributed by atoms with Gasteiger partial charge in [0, 0.05) is 6.04 Å². The first-order chi connectivity index (χ1) is 7.62. The van der Waals surface area contributed by atoms with Crippen molar-refractivity contribution in [3.8, 4) is 0 Å². The molecule has 2 fully saturated rings. The summed E-state index contributed by atoms with van der Waals surface area (Å²) in [4.78, 5) is 11.8. The summed E-state index contributed by atoms with van der Waals surface area (Å²) in [5, 5.41) is 3.12. The number of nitrogens with two attached hydrogens (primary N) is 1. The Bertz CT molecular complexity index is 253. The van der Waals surface area contributed by atoms with Crippen molar-refractivity contribution in [3.05, 3.63) is 0 Å². The summed E-state index contributed by atoms with van der Waals surface area (Å²) in [6.07, 6.45) is 9.59. The van der Waals surface area contributed by atoms with Gasteiger partial charge >= 0.3 is 0 Å². The molecule has 1 atom stereocenters. The molecule has 2 aliphatic rings. The van der Waals surface area contributed by atoms with Crippen LogP contribution in [0.25, 0.3) is 0 Å². The molecule has 3 nitrogen and oxygen atoms in total. The number of hydrogen-bond donors (Lipinski definition) is 2. The molecule has 92 valence electrons. The second-order valence-electron chi connectivity index (χ2n) is 5.67. The zero-order chi connectivity index (χ0) is 11.6. The lowest BCUT2D eigenvalue weighted by molar-refractivity contribution is -0.124. The van der Waals surface area contributed by atoms with Crippen molar-refractivity contribution in [2.45, 2.75) is 69.9 Å². The van der Waals surface area contributed by atoms with Gasteiger partial charge in [-0.05, 0) is 38.5 Å². The Morgan fingerprint density at radius 3 is 2.31 bits per heavy atom. The zero-order valence-corrected chi connectivity index (χ0v) is 10.3. The van der Waals surface area contributed by atoms with Crippen LogP contribution in [-0.4, -0.2) is 17.5 Å². The third-order valence-corrected chi connectivity index (χ3v) is 4.21. The van der Waals surface area contributed by atoms with Crippen molar-refractivity contribution in [3.63, 3.8) is 0 Å². The Morgan fingerprint density at radius 2 is 1.81 bits per heavy atom. The summed E-state index contributed by atoms with van der Waals surface area (Å²) in [5.74, 6) is 0.734. The van der Waals surface area contributed by atoms with Gasteiger partial charge in [0.25, 0.3) is 0 Å². The average molecular weight is 224 g/mol. The Labute approximate surface area is 98.2 Å². The maximum Gasteiger partial charge on any atom is 0.240 e. The molecule has 1 amide bonds. The molecule has 0 saturated heterocycles. The van der Waals surface area contributed by atoms with E-state index in [-0.39, 0.29) is 5.91 Å². The highest BCUT2D eigenvalue weighted by molar-refractivity contribution is 5.89.